The highest BCUT2D eigenvalue weighted by atomic mass is 19.4. The summed E-state index contributed by atoms with van der Waals surface area (Å²) in [6.45, 7) is 4.00. The van der Waals surface area contributed by atoms with Crippen molar-refractivity contribution in [3.63, 3.8) is 0 Å². The molecule has 0 heterocycles. The van der Waals surface area contributed by atoms with Gasteiger partial charge in [-0.05, 0) is 18.2 Å². The van der Waals surface area contributed by atoms with Crippen molar-refractivity contribution in [1.29, 1.82) is 0 Å². The molecule has 0 saturated heterocycles. The second-order valence-electron chi connectivity index (χ2n) is 2.77. The van der Waals surface area contributed by atoms with Crippen LogP contribution in [0.2, 0.25) is 0 Å². The van der Waals surface area contributed by atoms with E-state index in [2.05, 4.69) is 0 Å². The average molecular weight is 249 g/mol. The summed E-state index contributed by atoms with van der Waals surface area (Å²) in [5, 5.41) is 0. The number of carbonyl (C=O) groups excluding carboxylic acids is 1. The summed E-state index contributed by atoms with van der Waals surface area (Å²) >= 11 is 0. The summed E-state index contributed by atoms with van der Waals surface area (Å²) in [7, 11) is 0. The third-order valence-corrected chi connectivity index (χ3v) is 1.76. The van der Waals surface area contributed by atoms with Crippen molar-refractivity contribution in [2.45, 2.75) is 20.0 Å². The smallest absolute Gasteiger partial charge is 0.398 e. The van der Waals surface area contributed by atoms with Crippen molar-refractivity contribution in [1.82, 2.24) is 5.43 Å². The molecule has 0 fully saturated rings. The number of nitrogens with one attached hydrogen (secondary N) is 1. The summed E-state index contributed by atoms with van der Waals surface area (Å²) in [5.41, 5.74) is 5.73. The molecule has 7 heteroatoms. The summed E-state index contributed by atoms with van der Waals surface area (Å²) in [5.74, 6) is 3.93. The predicted molar refractivity (Wildman–Crippen MR) is 58.9 cm³/mol. The van der Waals surface area contributed by atoms with Crippen molar-refractivity contribution < 1.29 is 18.0 Å². The lowest BCUT2D eigenvalue weighted by molar-refractivity contribution is -0.137. The van der Waals surface area contributed by atoms with Gasteiger partial charge < -0.3 is 5.73 Å². The molecule has 1 aromatic carbocycles. The molecule has 0 atom stereocenters. The Morgan fingerprint density at radius 1 is 1.29 bits per heavy atom. The zero-order chi connectivity index (χ0) is 13.6. The number of benzene rings is 1. The van der Waals surface area contributed by atoms with E-state index in [-0.39, 0.29) is 11.3 Å². The minimum absolute atomic E-state index is 0.0639. The average Bonchev–Trinajstić information content (AvgIpc) is 2.30. The third-order valence-electron chi connectivity index (χ3n) is 1.76. The Hall–Kier alpha value is -1.76. The maximum absolute atomic E-state index is 12.3. The van der Waals surface area contributed by atoms with E-state index in [1.165, 1.54) is 0 Å². The van der Waals surface area contributed by atoms with Gasteiger partial charge in [-0.2, -0.15) is 13.2 Å². The van der Waals surface area contributed by atoms with Crippen LogP contribution < -0.4 is 17.0 Å². The van der Waals surface area contributed by atoms with E-state index in [0.717, 1.165) is 12.1 Å². The predicted octanol–water partition coefficient (Wildman–Crippen LogP) is 1.92. The number of amides is 1. The van der Waals surface area contributed by atoms with Gasteiger partial charge in [0.1, 0.15) is 0 Å². The molecule has 1 rings (SSSR count). The number of carbonyl (C=O) groups is 1. The second-order valence-corrected chi connectivity index (χ2v) is 2.77. The molecule has 1 aromatic rings. The number of nitrogen functional groups attached to an aromatic ring is 2. The summed E-state index contributed by atoms with van der Waals surface area (Å²) < 4.78 is 36.8. The molecule has 0 aliphatic heterocycles. The van der Waals surface area contributed by atoms with Gasteiger partial charge in [0.15, 0.2) is 0 Å². The number of hydrazine groups is 1. The molecule has 0 saturated carbocycles. The Kier molecular flexibility index (Phi) is 5.46. The Bertz CT molecular complexity index is 391. The van der Waals surface area contributed by atoms with Gasteiger partial charge in [-0.15, -0.1) is 0 Å². The molecule has 0 spiro atoms. The zero-order valence-corrected chi connectivity index (χ0v) is 9.43. The van der Waals surface area contributed by atoms with Gasteiger partial charge in [-0.25, -0.2) is 5.84 Å². The number of rotatable bonds is 1. The van der Waals surface area contributed by atoms with E-state index < -0.39 is 17.6 Å². The minimum atomic E-state index is -4.52. The van der Waals surface area contributed by atoms with Crippen LogP contribution in [0.3, 0.4) is 0 Å². The standard InChI is InChI=1S/C8H8F3N3O.C2H6/c9-8(10,11)4-1-2-6(12)5(3-4)7(15)14-13;1-2/h1-3H,12-13H2,(H,14,15);1-2H3. The molecule has 0 radical (unpaired) electrons. The first-order chi connectivity index (χ1) is 7.86. The summed E-state index contributed by atoms with van der Waals surface area (Å²) in [6, 6.07) is 2.45. The first-order valence-electron chi connectivity index (χ1n) is 4.84. The highest BCUT2D eigenvalue weighted by molar-refractivity contribution is 5.98. The Morgan fingerprint density at radius 3 is 2.24 bits per heavy atom. The molecule has 5 N–H and O–H groups in total. The molecule has 0 bridgehead atoms. The van der Waals surface area contributed by atoms with Crippen LogP contribution in [0.1, 0.15) is 29.8 Å². The molecule has 1 amide bonds. The van der Waals surface area contributed by atoms with Crippen molar-refractivity contribution >= 4 is 11.6 Å². The number of hydrogen-bond donors (Lipinski definition) is 3. The van der Waals surface area contributed by atoms with Crippen LogP contribution in [0.5, 0.6) is 0 Å². The van der Waals surface area contributed by atoms with Gasteiger partial charge in [-0.1, -0.05) is 13.8 Å². The van der Waals surface area contributed by atoms with Crippen LogP contribution in [-0.4, -0.2) is 5.91 Å². The van der Waals surface area contributed by atoms with Gasteiger partial charge in [0.25, 0.3) is 5.91 Å². The third kappa shape index (κ3) is 3.95. The summed E-state index contributed by atoms with van der Waals surface area (Å²) in [6.07, 6.45) is -4.52. The Labute approximate surface area is 96.8 Å². The molecule has 96 valence electrons. The zero-order valence-electron chi connectivity index (χ0n) is 9.43. The van der Waals surface area contributed by atoms with Gasteiger partial charge in [-0.3, -0.25) is 10.2 Å². The number of nitrogens with two attached hydrogens (primary N) is 2. The lowest BCUT2D eigenvalue weighted by Crippen LogP contribution is -2.30. The maximum atomic E-state index is 12.3. The van der Waals surface area contributed by atoms with Crippen molar-refractivity contribution in [2.75, 3.05) is 5.73 Å². The van der Waals surface area contributed by atoms with Gasteiger partial charge in [0.05, 0.1) is 11.1 Å². The van der Waals surface area contributed by atoms with Crippen molar-refractivity contribution in [3.8, 4) is 0 Å². The van der Waals surface area contributed by atoms with Crippen LogP contribution >= 0.6 is 0 Å². The van der Waals surface area contributed by atoms with Crippen LogP contribution in [0.4, 0.5) is 18.9 Å². The lowest BCUT2D eigenvalue weighted by Gasteiger charge is -2.09. The molecular weight excluding hydrogens is 235 g/mol. The fourth-order valence-corrected chi connectivity index (χ4v) is 1.01. The topological polar surface area (TPSA) is 81.1 Å². The van der Waals surface area contributed by atoms with Gasteiger partial charge in [0.2, 0.25) is 0 Å². The normalized spacial score (nSPS) is 10.2. The highest BCUT2D eigenvalue weighted by Gasteiger charge is 2.31. The van der Waals surface area contributed by atoms with Crippen LogP contribution in [0.15, 0.2) is 18.2 Å². The first-order valence-corrected chi connectivity index (χ1v) is 4.84. The molecule has 17 heavy (non-hydrogen) atoms. The monoisotopic (exact) mass is 249 g/mol. The molecule has 0 aliphatic rings. The van der Waals surface area contributed by atoms with E-state index in [1.54, 1.807) is 5.43 Å². The first kappa shape index (κ1) is 15.2. The van der Waals surface area contributed by atoms with E-state index in [1.807, 2.05) is 13.8 Å². The minimum Gasteiger partial charge on any atom is -0.398 e. The molecular formula is C10H14F3N3O. The van der Waals surface area contributed by atoms with Gasteiger partial charge in [0, 0.05) is 5.69 Å². The Morgan fingerprint density at radius 2 is 1.82 bits per heavy atom. The van der Waals surface area contributed by atoms with E-state index in [9.17, 15) is 18.0 Å². The molecule has 0 aromatic heterocycles. The van der Waals surface area contributed by atoms with Crippen molar-refractivity contribution in [2.24, 2.45) is 5.84 Å². The number of hydrogen-bond acceptors (Lipinski definition) is 3. The van der Waals surface area contributed by atoms with Crippen molar-refractivity contribution in [3.05, 3.63) is 29.3 Å². The molecule has 0 aliphatic carbocycles. The van der Waals surface area contributed by atoms with E-state index in [0.29, 0.717) is 6.07 Å². The SMILES string of the molecule is CC.NNC(=O)c1cc(C(F)(F)F)ccc1N. The molecule has 0 unspecified atom stereocenters. The largest absolute Gasteiger partial charge is 0.416 e. The van der Waals surface area contributed by atoms with Crippen LogP contribution in [0, 0.1) is 0 Å². The maximum Gasteiger partial charge on any atom is 0.416 e. The fraction of sp³-hybridized carbons (Fsp3) is 0.300. The number of anilines is 1. The quantitative estimate of drug-likeness (QED) is 0.308. The Balaban J connectivity index is 0.00000121. The summed E-state index contributed by atoms with van der Waals surface area (Å²) in [4.78, 5) is 11.0. The number of halogens is 3. The molecule has 4 nitrogen and oxygen atoms in total. The van der Waals surface area contributed by atoms with E-state index >= 15 is 0 Å². The highest BCUT2D eigenvalue weighted by Crippen LogP contribution is 2.31. The van der Waals surface area contributed by atoms with Crippen LogP contribution in [0.25, 0.3) is 0 Å². The fourth-order valence-electron chi connectivity index (χ4n) is 1.01. The van der Waals surface area contributed by atoms with E-state index in [4.69, 9.17) is 11.6 Å². The number of alkyl halides is 3. The van der Waals surface area contributed by atoms with Crippen LogP contribution in [-0.2, 0) is 6.18 Å². The second kappa shape index (κ2) is 6.09. The van der Waals surface area contributed by atoms with Gasteiger partial charge >= 0.3 is 6.18 Å². The lowest BCUT2D eigenvalue weighted by atomic mass is 10.1.